The van der Waals surface area contributed by atoms with Gasteiger partial charge in [-0.15, -0.1) is 0 Å². The van der Waals surface area contributed by atoms with Crippen molar-refractivity contribution in [2.45, 2.75) is 153 Å². The van der Waals surface area contributed by atoms with Crippen molar-refractivity contribution in [3.8, 4) is 0 Å². The third kappa shape index (κ3) is 7.44. The van der Waals surface area contributed by atoms with Gasteiger partial charge in [0.2, 0.25) is 0 Å². The van der Waals surface area contributed by atoms with E-state index < -0.39 is 0 Å². The van der Waals surface area contributed by atoms with Crippen LogP contribution in [0.25, 0.3) is 0 Å². The topological polar surface area (TPSA) is 15.7 Å². The Morgan fingerprint density at radius 2 is 0.645 bits per heavy atom. The van der Waals surface area contributed by atoms with Gasteiger partial charge < -0.3 is 4.74 Å². The van der Waals surface area contributed by atoms with Gasteiger partial charge >= 0.3 is 0 Å². The number of ether oxygens (including phenoxy) is 1. The summed E-state index contributed by atoms with van der Waals surface area (Å²) in [6.07, 6.45) is 29.0. The molecular formula is C28H52N2O. The van der Waals surface area contributed by atoms with Crippen molar-refractivity contribution in [3.05, 3.63) is 0 Å². The largest absolute Gasteiger partial charge is 0.379 e. The van der Waals surface area contributed by atoms with Crippen LogP contribution in [0.4, 0.5) is 0 Å². The van der Waals surface area contributed by atoms with E-state index in [0.717, 1.165) is 37.4 Å². The molecule has 0 heterocycles. The predicted molar refractivity (Wildman–Crippen MR) is 132 cm³/mol. The third-order valence-electron chi connectivity index (χ3n) is 9.16. The monoisotopic (exact) mass is 432 g/mol. The van der Waals surface area contributed by atoms with Crippen molar-refractivity contribution >= 4 is 0 Å². The molecule has 4 fully saturated rings. The van der Waals surface area contributed by atoms with Crippen molar-refractivity contribution in [2.24, 2.45) is 0 Å². The number of hydrogen-bond donors (Lipinski definition) is 0. The van der Waals surface area contributed by atoms with Gasteiger partial charge in [-0.2, -0.15) is 0 Å². The molecule has 180 valence electrons. The highest BCUT2D eigenvalue weighted by Gasteiger charge is 2.30. The summed E-state index contributed by atoms with van der Waals surface area (Å²) in [7, 11) is 0. The van der Waals surface area contributed by atoms with Crippen molar-refractivity contribution in [2.75, 3.05) is 26.3 Å². The normalized spacial score (nSPS) is 26.1. The van der Waals surface area contributed by atoms with E-state index in [1.807, 2.05) is 0 Å². The SMILES string of the molecule is C1CCC(N(CCOCCN(C2CCCCC2)C2CCCCC2)C2CCCCC2)CC1. The summed E-state index contributed by atoms with van der Waals surface area (Å²) >= 11 is 0. The number of nitrogens with zero attached hydrogens (tertiary/aromatic N) is 2. The molecule has 0 aromatic carbocycles. The first-order valence-corrected chi connectivity index (χ1v) is 14.5. The average molecular weight is 433 g/mol. The quantitative estimate of drug-likeness (QED) is 0.348. The fourth-order valence-electron chi connectivity index (χ4n) is 7.42. The molecule has 0 aromatic heterocycles. The van der Waals surface area contributed by atoms with Crippen LogP contribution in [-0.2, 0) is 4.74 Å². The molecular weight excluding hydrogens is 380 g/mol. The lowest BCUT2D eigenvalue weighted by molar-refractivity contribution is 0.0135. The molecule has 0 atom stereocenters. The molecule has 4 saturated carbocycles. The minimum absolute atomic E-state index is 0.849. The van der Waals surface area contributed by atoms with Crippen molar-refractivity contribution < 1.29 is 4.74 Å². The average Bonchev–Trinajstić information content (AvgIpc) is 2.86. The molecule has 0 radical (unpaired) electrons. The predicted octanol–water partition coefficient (Wildman–Crippen LogP) is 6.94. The van der Waals surface area contributed by atoms with Gasteiger partial charge in [0.1, 0.15) is 0 Å². The Balaban J connectivity index is 1.23. The minimum Gasteiger partial charge on any atom is -0.379 e. The molecule has 0 spiro atoms. The molecule has 0 bridgehead atoms. The Labute approximate surface area is 193 Å². The van der Waals surface area contributed by atoms with E-state index in [-0.39, 0.29) is 0 Å². The summed E-state index contributed by atoms with van der Waals surface area (Å²) in [5.41, 5.74) is 0. The number of rotatable bonds is 10. The van der Waals surface area contributed by atoms with Crippen LogP contribution in [0.2, 0.25) is 0 Å². The van der Waals surface area contributed by atoms with Gasteiger partial charge in [-0.05, 0) is 51.4 Å². The lowest BCUT2D eigenvalue weighted by atomic mass is 9.88. The molecule has 31 heavy (non-hydrogen) atoms. The van der Waals surface area contributed by atoms with E-state index in [2.05, 4.69) is 9.80 Å². The lowest BCUT2D eigenvalue weighted by Gasteiger charge is -2.42. The molecule has 0 unspecified atom stereocenters. The van der Waals surface area contributed by atoms with Gasteiger partial charge in [-0.3, -0.25) is 9.80 Å². The molecule has 4 aliphatic carbocycles. The van der Waals surface area contributed by atoms with Crippen LogP contribution in [0.3, 0.4) is 0 Å². The molecule has 0 saturated heterocycles. The summed E-state index contributed by atoms with van der Waals surface area (Å²) < 4.78 is 6.37. The van der Waals surface area contributed by atoms with E-state index in [1.165, 1.54) is 142 Å². The van der Waals surface area contributed by atoms with Crippen molar-refractivity contribution in [1.29, 1.82) is 0 Å². The second-order valence-electron chi connectivity index (χ2n) is 11.3. The summed E-state index contributed by atoms with van der Waals surface area (Å²) in [6, 6.07) is 3.39. The fraction of sp³-hybridized carbons (Fsp3) is 1.00. The van der Waals surface area contributed by atoms with E-state index >= 15 is 0 Å². The van der Waals surface area contributed by atoms with Crippen LogP contribution in [0.5, 0.6) is 0 Å². The van der Waals surface area contributed by atoms with Crippen LogP contribution in [0.15, 0.2) is 0 Å². The first-order valence-electron chi connectivity index (χ1n) is 14.5. The summed E-state index contributed by atoms with van der Waals surface area (Å²) in [5.74, 6) is 0. The Kier molecular flexibility index (Phi) is 10.5. The van der Waals surface area contributed by atoms with Crippen LogP contribution >= 0.6 is 0 Å². The van der Waals surface area contributed by atoms with Gasteiger partial charge in [-0.1, -0.05) is 77.0 Å². The van der Waals surface area contributed by atoms with Gasteiger partial charge in [0, 0.05) is 37.3 Å². The maximum atomic E-state index is 6.37. The zero-order chi connectivity index (χ0) is 21.1. The summed E-state index contributed by atoms with van der Waals surface area (Å²) in [5, 5.41) is 0. The molecule has 0 aliphatic heterocycles. The molecule has 0 aromatic rings. The molecule has 3 nitrogen and oxygen atoms in total. The third-order valence-corrected chi connectivity index (χ3v) is 9.16. The molecule has 0 amide bonds. The molecule has 4 rings (SSSR count). The highest BCUT2D eigenvalue weighted by atomic mass is 16.5. The summed E-state index contributed by atoms with van der Waals surface area (Å²) in [4.78, 5) is 5.83. The van der Waals surface area contributed by atoms with E-state index in [4.69, 9.17) is 4.74 Å². The van der Waals surface area contributed by atoms with Gasteiger partial charge in [-0.25, -0.2) is 0 Å². The summed E-state index contributed by atoms with van der Waals surface area (Å²) in [6.45, 7) is 4.27. The highest BCUT2D eigenvalue weighted by Crippen LogP contribution is 2.31. The van der Waals surface area contributed by atoms with Crippen LogP contribution in [-0.4, -0.2) is 60.3 Å². The zero-order valence-electron chi connectivity index (χ0n) is 20.6. The Morgan fingerprint density at radius 3 is 0.903 bits per heavy atom. The van der Waals surface area contributed by atoms with Crippen LogP contribution in [0.1, 0.15) is 128 Å². The standard InChI is InChI=1S/C28H52N2O/c1-5-13-25(14-6-1)29(26-15-7-2-8-16-26)21-23-31-24-22-30(27-17-9-3-10-18-27)28-19-11-4-12-20-28/h25-28H,1-24H2. The number of hydrogen-bond acceptors (Lipinski definition) is 3. The van der Waals surface area contributed by atoms with Gasteiger partial charge in [0.15, 0.2) is 0 Å². The smallest absolute Gasteiger partial charge is 0.0594 e. The van der Waals surface area contributed by atoms with Crippen molar-refractivity contribution in [3.63, 3.8) is 0 Å². The molecule has 3 heteroatoms. The van der Waals surface area contributed by atoms with Crippen LogP contribution in [0, 0.1) is 0 Å². The second-order valence-corrected chi connectivity index (χ2v) is 11.3. The molecule has 4 aliphatic rings. The second kappa shape index (κ2) is 13.6. The van der Waals surface area contributed by atoms with Gasteiger partial charge in [0.25, 0.3) is 0 Å². The van der Waals surface area contributed by atoms with E-state index in [0.29, 0.717) is 0 Å². The van der Waals surface area contributed by atoms with E-state index in [1.54, 1.807) is 0 Å². The minimum atomic E-state index is 0.849. The Hall–Kier alpha value is -0.120. The Bertz CT molecular complexity index is 382. The zero-order valence-corrected chi connectivity index (χ0v) is 20.6. The Morgan fingerprint density at radius 1 is 0.387 bits per heavy atom. The highest BCUT2D eigenvalue weighted by molar-refractivity contribution is 4.85. The van der Waals surface area contributed by atoms with E-state index in [9.17, 15) is 0 Å². The van der Waals surface area contributed by atoms with Crippen LogP contribution < -0.4 is 0 Å². The lowest BCUT2D eigenvalue weighted by Crippen LogP contribution is -2.48. The fourth-order valence-corrected chi connectivity index (χ4v) is 7.42. The maximum absolute atomic E-state index is 6.37. The first kappa shape index (κ1) is 24.0. The van der Waals surface area contributed by atoms with Crippen molar-refractivity contribution in [1.82, 2.24) is 9.80 Å². The first-order chi connectivity index (χ1) is 15.4. The maximum Gasteiger partial charge on any atom is 0.0594 e. The molecule has 0 N–H and O–H groups in total. The van der Waals surface area contributed by atoms with Gasteiger partial charge in [0.05, 0.1) is 13.2 Å².